The van der Waals surface area contributed by atoms with Crippen LogP contribution >= 0.6 is 0 Å². The molecule has 2 rings (SSSR count). The maximum Gasteiger partial charge on any atom is 0.126 e. The average molecular weight is 287 g/mol. The predicted octanol–water partition coefficient (Wildman–Crippen LogP) is 2.92. The average Bonchev–Trinajstić information content (AvgIpc) is 2.53. The summed E-state index contributed by atoms with van der Waals surface area (Å²) in [6, 6.07) is 13.5. The summed E-state index contributed by atoms with van der Waals surface area (Å²) >= 11 is 0. The van der Waals surface area contributed by atoms with Crippen molar-refractivity contribution in [2.75, 3.05) is 20.3 Å². The number of hydrogen-bond acceptors (Lipinski definition) is 4. The number of nitrogens with two attached hydrogens (primary N) is 1. The first-order valence-electron chi connectivity index (χ1n) is 6.93. The van der Waals surface area contributed by atoms with E-state index >= 15 is 0 Å². The van der Waals surface area contributed by atoms with Crippen molar-refractivity contribution in [1.82, 2.24) is 0 Å². The zero-order valence-corrected chi connectivity index (χ0v) is 12.5. The third-order valence-electron chi connectivity index (χ3n) is 3.17. The van der Waals surface area contributed by atoms with Crippen LogP contribution in [0.15, 0.2) is 42.5 Å². The first-order valence-corrected chi connectivity index (χ1v) is 6.93. The summed E-state index contributed by atoms with van der Waals surface area (Å²) in [6.07, 6.45) is 0. The van der Waals surface area contributed by atoms with E-state index in [2.05, 4.69) is 0 Å². The molecule has 0 heterocycles. The summed E-state index contributed by atoms with van der Waals surface area (Å²) in [5, 5.41) is 0. The maximum absolute atomic E-state index is 5.80. The quantitative estimate of drug-likeness (QED) is 0.796. The van der Waals surface area contributed by atoms with Gasteiger partial charge >= 0.3 is 0 Å². The van der Waals surface area contributed by atoms with Crippen LogP contribution in [0.2, 0.25) is 0 Å². The molecule has 2 N–H and O–H groups in total. The number of para-hydroxylation sites is 1. The van der Waals surface area contributed by atoms with Gasteiger partial charge in [-0.2, -0.15) is 0 Å². The molecule has 2 aromatic rings. The standard InChI is InChI=1S/C17H21NO3/c1-13-4-3-5-14(12-18)17(13)21-11-10-20-16-8-6-15(19-2)7-9-16/h3-9H,10-12,18H2,1-2H3. The molecule has 0 radical (unpaired) electrons. The van der Waals surface area contributed by atoms with Crippen LogP contribution in [0, 0.1) is 6.92 Å². The molecule has 0 fully saturated rings. The predicted molar refractivity (Wildman–Crippen MR) is 83.1 cm³/mol. The molecular formula is C17H21NO3. The summed E-state index contributed by atoms with van der Waals surface area (Å²) in [7, 11) is 1.64. The van der Waals surface area contributed by atoms with Crippen molar-refractivity contribution in [3.05, 3.63) is 53.6 Å². The number of rotatable bonds is 7. The lowest BCUT2D eigenvalue weighted by atomic mass is 10.1. The van der Waals surface area contributed by atoms with Crippen molar-refractivity contribution in [3.8, 4) is 17.2 Å². The Bertz CT molecular complexity index is 567. The van der Waals surface area contributed by atoms with E-state index in [1.54, 1.807) is 7.11 Å². The number of benzene rings is 2. The van der Waals surface area contributed by atoms with E-state index in [1.807, 2.05) is 49.4 Å². The van der Waals surface area contributed by atoms with E-state index in [-0.39, 0.29) is 0 Å². The van der Waals surface area contributed by atoms with Gasteiger partial charge in [0.15, 0.2) is 0 Å². The van der Waals surface area contributed by atoms with Gasteiger partial charge in [-0.3, -0.25) is 0 Å². The highest BCUT2D eigenvalue weighted by Crippen LogP contribution is 2.23. The Morgan fingerprint density at radius 1 is 0.905 bits per heavy atom. The fourth-order valence-electron chi connectivity index (χ4n) is 2.06. The molecule has 0 aliphatic carbocycles. The Hall–Kier alpha value is -2.20. The Morgan fingerprint density at radius 3 is 2.24 bits per heavy atom. The van der Waals surface area contributed by atoms with Crippen molar-refractivity contribution in [2.24, 2.45) is 5.73 Å². The van der Waals surface area contributed by atoms with E-state index in [9.17, 15) is 0 Å². The van der Waals surface area contributed by atoms with E-state index < -0.39 is 0 Å². The van der Waals surface area contributed by atoms with Crippen LogP contribution in [-0.4, -0.2) is 20.3 Å². The fraction of sp³-hybridized carbons (Fsp3) is 0.294. The van der Waals surface area contributed by atoms with Crippen molar-refractivity contribution >= 4 is 0 Å². The topological polar surface area (TPSA) is 53.7 Å². The number of aryl methyl sites for hydroxylation is 1. The first kappa shape index (κ1) is 15.2. The zero-order valence-electron chi connectivity index (χ0n) is 12.5. The second-order valence-electron chi connectivity index (χ2n) is 4.64. The van der Waals surface area contributed by atoms with Gasteiger partial charge in [0.2, 0.25) is 0 Å². The Kier molecular flexibility index (Phi) is 5.46. The Balaban J connectivity index is 1.84. The van der Waals surface area contributed by atoms with Crippen LogP contribution < -0.4 is 19.9 Å². The van der Waals surface area contributed by atoms with Crippen LogP contribution in [0.1, 0.15) is 11.1 Å². The molecule has 0 bridgehead atoms. The molecule has 0 saturated carbocycles. The largest absolute Gasteiger partial charge is 0.497 e. The molecule has 0 saturated heterocycles. The van der Waals surface area contributed by atoms with E-state index in [1.165, 1.54) is 0 Å². The third-order valence-corrected chi connectivity index (χ3v) is 3.17. The fourth-order valence-corrected chi connectivity index (χ4v) is 2.06. The second-order valence-corrected chi connectivity index (χ2v) is 4.64. The highest BCUT2D eigenvalue weighted by atomic mass is 16.5. The Labute approximate surface area is 125 Å². The minimum Gasteiger partial charge on any atom is -0.497 e. The number of hydrogen-bond donors (Lipinski definition) is 1. The highest BCUT2D eigenvalue weighted by molar-refractivity contribution is 5.40. The summed E-state index contributed by atoms with van der Waals surface area (Å²) in [6.45, 7) is 3.43. The van der Waals surface area contributed by atoms with Gasteiger partial charge < -0.3 is 19.9 Å². The van der Waals surface area contributed by atoms with Crippen LogP contribution in [0.5, 0.6) is 17.2 Å². The zero-order chi connectivity index (χ0) is 15.1. The van der Waals surface area contributed by atoms with Gasteiger partial charge in [-0.15, -0.1) is 0 Å². The molecule has 4 heteroatoms. The van der Waals surface area contributed by atoms with Gasteiger partial charge in [0.1, 0.15) is 30.5 Å². The van der Waals surface area contributed by atoms with Crippen molar-refractivity contribution < 1.29 is 14.2 Å². The lowest BCUT2D eigenvalue weighted by molar-refractivity contribution is 0.215. The van der Waals surface area contributed by atoms with Gasteiger partial charge in [0, 0.05) is 12.1 Å². The van der Waals surface area contributed by atoms with Crippen molar-refractivity contribution in [2.45, 2.75) is 13.5 Å². The molecule has 0 aliphatic rings. The molecule has 0 atom stereocenters. The van der Waals surface area contributed by atoms with Crippen molar-refractivity contribution in [3.63, 3.8) is 0 Å². The van der Waals surface area contributed by atoms with Gasteiger partial charge in [-0.1, -0.05) is 18.2 Å². The van der Waals surface area contributed by atoms with Crippen LogP contribution in [0.25, 0.3) is 0 Å². The smallest absolute Gasteiger partial charge is 0.126 e. The molecule has 21 heavy (non-hydrogen) atoms. The summed E-state index contributed by atoms with van der Waals surface area (Å²) < 4.78 is 16.5. The highest BCUT2D eigenvalue weighted by Gasteiger charge is 2.05. The van der Waals surface area contributed by atoms with E-state index in [0.717, 1.165) is 28.4 Å². The molecular weight excluding hydrogens is 266 g/mol. The normalized spacial score (nSPS) is 10.2. The minimum atomic E-state index is 0.469. The lowest BCUT2D eigenvalue weighted by Crippen LogP contribution is -2.11. The van der Waals surface area contributed by atoms with Crippen LogP contribution in [0.3, 0.4) is 0 Å². The van der Waals surface area contributed by atoms with Crippen LogP contribution in [-0.2, 0) is 6.54 Å². The molecule has 0 unspecified atom stereocenters. The maximum atomic E-state index is 5.80. The lowest BCUT2D eigenvalue weighted by Gasteiger charge is -2.13. The summed E-state index contributed by atoms with van der Waals surface area (Å²) in [5.74, 6) is 2.47. The van der Waals surface area contributed by atoms with E-state index in [0.29, 0.717) is 19.8 Å². The Morgan fingerprint density at radius 2 is 1.57 bits per heavy atom. The van der Waals surface area contributed by atoms with Gasteiger partial charge in [0.25, 0.3) is 0 Å². The third kappa shape index (κ3) is 4.13. The molecule has 0 aromatic heterocycles. The summed E-state index contributed by atoms with van der Waals surface area (Å²) in [5.41, 5.74) is 7.82. The molecule has 0 aliphatic heterocycles. The van der Waals surface area contributed by atoms with Gasteiger partial charge in [0.05, 0.1) is 7.11 Å². The van der Waals surface area contributed by atoms with Crippen LogP contribution in [0.4, 0.5) is 0 Å². The van der Waals surface area contributed by atoms with Gasteiger partial charge in [-0.05, 0) is 36.8 Å². The number of methoxy groups -OCH3 is 1. The van der Waals surface area contributed by atoms with Gasteiger partial charge in [-0.25, -0.2) is 0 Å². The van der Waals surface area contributed by atoms with E-state index in [4.69, 9.17) is 19.9 Å². The minimum absolute atomic E-state index is 0.469. The first-order chi connectivity index (χ1) is 10.2. The molecule has 0 spiro atoms. The molecule has 0 amide bonds. The van der Waals surface area contributed by atoms with Crippen molar-refractivity contribution in [1.29, 1.82) is 0 Å². The molecule has 4 nitrogen and oxygen atoms in total. The second kappa shape index (κ2) is 7.55. The SMILES string of the molecule is COc1ccc(OCCOc2c(C)cccc2CN)cc1. The molecule has 2 aromatic carbocycles. The monoisotopic (exact) mass is 287 g/mol. The summed E-state index contributed by atoms with van der Waals surface area (Å²) in [4.78, 5) is 0. The number of ether oxygens (including phenoxy) is 3. The molecule has 112 valence electrons.